The molecule has 1 N–H and O–H groups in total. The largest absolute Gasteiger partial charge is 0.388 e. The van der Waals surface area contributed by atoms with E-state index < -0.39 is 5.60 Å². The lowest BCUT2D eigenvalue weighted by atomic mass is 9.95. The van der Waals surface area contributed by atoms with Crippen LogP contribution in [-0.4, -0.2) is 39.6 Å². The van der Waals surface area contributed by atoms with Crippen molar-refractivity contribution in [2.45, 2.75) is 25.4 Å². The van der Waals surface area contributed by atoms with Gasteiger partial charge in [-0.15, -0.1) is 0 Å². The number of rotatable bonds is 1. The normalized spacial score (nSPS) is 23.0. The van der Waals surface area contributed by atoms with Crippen LogP contribution in [0.3, 0.4) is 0 Å². The zero-order valence-corrected chi connectivity index (χ0v) is 11.5. The van der Waals surface area contributed by atoms with Crippen LogP contribution in [0.2, 0.25) is 0 Å². The molecule has 104 valence electrons. The summed E-state index contributed by atoms with van der Waals surface area (Å²) in [6.07, 6.45) is 1.56. The fourth-order valence-corrected chi connectivity index (χ4v) is 2.74. The van der Waals surface area contributed by atoms with E-state index in [4.69, 9.17) is 0 Å². The maximum atomic E-state index is 12.5. The number of piperidine rings is 1. The van der Waals surface area contributed by atoms with Crippen molar-refractivity contribution in [3.8, 4) is 0 Å². The van der Waals surface area contributed by atoms with E-state index in [0.29, 0.717) is 18.8 Å². The number of nitrogens with zero attached hydrogens (tertiary/aromatic N) is 2. The van der Waals surface area contributed by atoms with Crippen LogP contribution >= 0.6 is 0 Å². The molecule has 0 radical (unpaired) electrons. The molecule has 20 heavy (non-hydrogen) atoms. The first kappa shape index (κ1) is 13.1. The fraction of sp³-hybridized carbons (Fsp3) is 0.375. The van der Waals surface area contributed by atoms with Crippen molar-refractivity contribution in [1.82, 2.24) is 9.88 Å². The van der Waals surface area contributed by atoms with Gasteiger partial charge in [0.25, 0.3) is 5.91 Å². The van der Waals surface area contributed by atoms with E-state index in [-0.39, 0.29) is 5.91 Å². The lowest BCUT2D eigenvalue weighted by Crippen LogP contribution is -2.48. The van der Waals surface area contributed by atoms with E-state index in [2.05, 4.69) is 4.98 Å². The van der Waals surface area contributed by atoms with Gasteiger partial charge in [-0.1, -0.05) is 24.3 Å². The summed E-state index contributed by atoms with van der Waals surface area (Å²) in [5.74, 6) is -0.101. The Hall–Kier alpha value is -1.94. The monoisotopic (exact) mass is 270 g/mol. The molecule has 4 heteroatoms. The summed E-state index contributed by atoms with van der Waals surface area (Å²) in [6.45, 7) is 2.84. The molecule has 2 heterocycles. The first-order valence-electron chi connectivity index (χ1n) is 6.93. The van der Waals surface area contributed by atoms with Gasteiger partial charge in [0, 0.05) is 18.5 Å². The van der Waals surface area contributed by atoms with Crippen molar-refractivity contribution < 1.29 is 9.90 Å². The number of likely N-dealkylation sites (tertiary alicyclic amines) is 1. The second-order valence-electron chi connectivity index (χ2n) is 5.72. The second-order valence-corrected chi connectivity index (χ2v) is 5.72. The van der Waals surface area contributed by atoms with Gasteiger partial charge in [-0.25, -0.2) is 4.98 Å². The van der Waals surface area contributed by atoms with Gasteiger partial charge in [-0.2, -0.15) is 0 Å². The molecule has 0 aliphatic carbocycles. The number of benzene rings is 1. The van der Waals surface area contributed by atoms with Crippen molar-refractivity contribution in [2.24, 2.45) is 0 Å². The van der Waals surface area contributed by atoms with Gasteiger partial charge in [0.1, 0.15) is 5.69 Å². The van der Waals surface area contributed by atoms with Gasteiger partial charge in [-0.3, -0.25) is 4.79 Å². The standard InChI is InChI=1S/C16H18N2O2/c1-16(20)9-4-10-18(11-16)15(19)14-8-7-12-5-2-3-6-13(12)17-14/h2-3,5-8,20H,4,9-11H2,1H3. The van der Waals surface area contributed by atoms with Gasteiger partial charge in [-0.05, 0) is 31.9 Å². The molecule has 1 fully saturated rings. The van der Waals surface area contributed by atoms with Gasteiger partial charge in [0.05, 0.1) is 11.1 Å². The van der Waals surface area contributed by atoms with E-state index >= 15 is 0 Å². The van der Waals surface area contributed by atoms with Gasteiger partial charge in [0.2, 0.25) is 0 Å². The number of aliphatic hydroxyl groups is 1. The summed E-state index contributed by atoms with van der Waals surface area (Å²) in [7, 11) is 0. The Bertz CT molecular complexity index is 652. The van der Waals surface area contributed by atoms with Crippen molar-refractivity contribution in [2.75, 3.05) is 13.1 Å². The number of carbonyl (C=O) groups excluding carboxylic acids is 1. The smallest absolute Gasteiger partial charge is 0.272 e. The van der Waals surface area contributed by atoms with E-state index in [0.717, 1.165) is 23.7 Å². The van der Waals surface area contributed by atoms with Crippen LogP contribution in [0.5, 0.6) is 0 Å². The summed E-state index contributed by atoms with van der Waals surface area (Å²) in [4.78, 5) is 18.6. The summed E-state index contributed by atoms with van der Waals surface area (Å²) < 4.78 is 0. The number of amides is 1. The van der Waals surface area contributed by atoms with Crippen LogP contribution in [0, 0.1) is 0 Å². The first-order chi connectivity index (χ1) is 9.55. The lowest BCUT2D eigenvalue weighted by molar-refractivity contribution is -0.0109. The van der Waals surface area contributed by atoms with Crippen LogP contribution in [0.25, 0.3) is 10.9 Å². The van der Waals surface area contributed by atoms with E-state index in [9.17, 15) is 9.90 Å². The van der Waals surface area contributed by atoms with Crippen LogP contribution < -0.4 is 0 Å². The molecule has 1 amide bonds. The molecule has 1 aromatic carbocycles. The molecular formula is C16H18N2O2. The van der Waals surface area contributed by atoms with Crippen LogP contribution in [0.1, 0.15) is 30.3 Å². The minimum atomic E-state index is -0.787. The highest BCUT2D eigenvalue weighted by Crippen LogP contribution is 2.22. The number of pyridine rings is 1. The maximum absolute atomic E-state index is 12.5. The quantitative estimate of drug-likeness (QED) is 0.864. The lowest BCUT2D eigenvalue weighted by Gasteiger charge is -2.36. The Balaban J connectivity index is 1.88. The highest BCUT2D eigenvalue weighted by atomic mass is 16.3. The maximum Gasteiger partial charge on any atom is 0.272 e. The predicted molar refractivity (Wildman–Crippen MR) is 77.5 cm³/mol. The Morgan fingerprint density at radius 2 is 2.10 bits per heavy atom. The molecule has 1 atom stereocenters. The van der Waals surface area contributed by atoms with Crippen molar-refractivity contribution >= 4 is 16.8 Å². The molecule has 0 saturated carbocycles. The molecule has 1 unspecified atom stereocenters. The molecule has 1 aliphatic heterocycles. The summed E-state index contributed by atoms with van der Waals surface area (Å²) in [6, 6.07) is 11.4. The third kappa shape index (κ3) is 2.51. The zero-order valence-electron chi connectivity index (χ0n) is 11.5. The number of hydrogen-bond donors (Lipinski definition) is 1. The minimum absolute atomic E-state index is 0.101. The Morgan fingerprint density at radius 3 is 2.90 bits per heavy atom. The van der Waals surface area contributed by atoms with E-state index in [1.807, 2.05) is 30.3 Å². The molecular weight excluding hydrogens is 252 g/mol. The van der Waals surface area contributed by atoms with Crippen molar-refractivity contribution in [1.29, 1.82) is 0 Å². The average molecular weight is 270 g/mol. The highest BCUT2D eigenvalue weighted by Gasteiger charge is 2.31. The number of β-amino-alcohol motifs (C(OH)–C–C–N with tert-alkyl or cyclic N) is 1. The van der Waals surface area contributed by atoms with Crippen molar-refractivity contribution in [3.05, 3.63) is 42.1 Å². The highest BCUT2D eigenvalue weighted by molar-refractivity contribution is 5.95. The Labute approximate surface area is 118 Å². The minimum Gasteiger partial charge on any atom is -0.388 e. The first-order valence-corrected chi connectivity index (χ1v) is 6.93. The predicted octanol–water partition coefficient (Wildman–Crippen LogP) is 2.22. The van der Waals surface area contributed by atoms with Gasteiger partial charge < -0.3 is 10.0 Å². The molecule has 0 bridgehead atoms. The van der Waals surface area contributed by atoms with E-state index in [1.54, 1.807) is 17.9 Å². The average Bonchev–Trinajstić information content (AvgIpc) is 2.45. The fourth-order valence-electron chi connectivity index (χ4n) is 2.74. The molecule has 1 aromatic heterocycles. The topological polar surface area (TPSA) is 53.4 Å². The number of aromatic nitrogens is 1. The van der Waals surface area contributed by atoms with Gasteiger partial charge in [0.15, 0.2) is 0 Å². The van der Waals surface area contributed by atoms with Crippen LogP contribution in [0.15, 0.2) is 36.4 Å². The molecule has 1 aliphatic rings. The Morgan fingerprint density at radius 1 is 1.30 bits per heavy atom. The Kier molecular flexibility index (Phi) is 3.18. The molecule has 0 spiro atoms. The number of fused-ring (bicyclic) bond motifs is 1. The number of hydrogen-bond acceptors (Lipinski definition) is 3. The second kappa shape index (κ2) is 4.87. The van der Waals surface area contributed by atoms with E-state index in [1.165, 1.54) is 0 Å². The number of carbonyl (C=O) groups is 1. The summed E-state index contributed by atoms with van der Waals surface area (Å²) >= 11 is 0. The molecule has 3 rings (SSSR count). The molecule has 2 aromatic rings. The summed E-state index contributed by atoms with van der Waals surface area (Å²) in [5, 5.41) is 11.1. The van der Waals surface area contributed by atoms with Crippen LogP contribution in [-0.2, 0) is 0 Å². The van der Waals surface area contributed by atoms with Gasteiger partial charge >= 0.3 is 0 Å². The third-order valence-electron chi connectivity index (χ3n) is 3.78. The summed E-state index contributed by atoms with van der Waals surface area (Å²) in [5.41, 5.74) is 0.480. The van der Waals surface area contributed by atoms with Crippen LogP contribution in [0.4, 0.5) is 0 Å². The third-order valence-corrected chi connectivity index (χ3v) is 3.78. The zero-order chi connectivity index (χ0) is 14.2. The molecule has 1 saturated heterocycles. The van der Waals surface area contributed by atoms with Crippen molar-refractivity contribution in [3.63, 3.8) is 0 Å². The number of para-hydroxylation sites is 1. The molecule has 4 nitrogen and oxygen atoms in total. The SMILES string of the molecule is CC1(O)CCCN(C(=O)c2ccc3ccccc3n2)C1.